The molecule has 0 aliphatic carbocycles. The van der Waals surface area contributed by atoms with Crippen LogP contribution >= 0.6 is 23.1 Å². The third-order valence-corrected chi connectivity index (χ3v) is 5.28. The zero-order valence-corrected chi connectivity index (χ0v) is 14.9. The van der Waals surface area contributed by atoms with E-state index < -0.39 is 0 Å². The molecule has 8 heteroatoms. The predicted molar refractivity (Wildman–Crippen MR) is 97.9 cm³/mol. The third kappa shape index (κ3) is 3.34. The lowest BCUT2D eigenvalue weighted by Gasteiger charge is -2.10. The summed E-state index contributed by atoms with van der Waals surface area (Å²) in [6.45, 7) is 1.95. The van der Waals surface area contributed by atoms with Gasteiger partial charge in [-0.25, -0.2) is 9.97 Å². The van der Waals surface area contributed by atoms with E-state index in [-0.39, 0.29) is 18.0 Å². The lowest BCUT2D eigenvalue weighted by Crippen LogP contribution is -2.29. The Morgan fingerprint density at radius 3 is 2.92 bits per heavy atom. The van der Waals surface area contributed by atoms with E-state index in [0.29, 0.717) is 16.4 Å². The summed E-state index contributed by atoms with van der Waals surface area (Å²) in [7, 11) is 0. The minimum absolute atomic E-state index is 0.0914. The first-order valence-corrected chi connectivity index (χ1v) is 9.44. The molecule has 0 saturated heterocycles. The van der Waals surface area contributed by atoms with Gasteiger partial charge in [0, 0.05) is 11.1 Å². The van der Waals surface area contributed by atoms with E-state index in [1.807, 2.05) is 19.2 Å². The van der Waals surface area contributed by atoms with Crippen LogP contribution in [-0.4, -0.2) is 26.7 Å². The molecule has 3 rings (SSSR count). The van der Waals surface area contributed by atoms with Gasteiger partial charge in [0.1, 0.15) is 17.2 Å². The Morgan fingerprint density at radius 1 is 1.42 bits per heavy atom. The molecule has 0 bridgehead atoms. The van der Waals surface area contributed by atoms with Gasteiger partial charge < -0.3 is 5.32 Å². The highest BCUT2D eigenvalue weighted by Crippen LogP contribution is 2.24. The van der Waals surface area contributed by atoms with Crippen molar-refractivity contribution in [2.45, 2.75) is 25.0 Å². The lowest BCUT2D eigenvalue weighted by molar-refractivity contribution is -0.116. The third-order valence-electron chi connectivity index (χ3n) is 3.43. The van der Waals surface area contributed by atoms with Gasteiger partial charge in [0.05, 0.1) is 5.39 Å². The number of hydrogen-bond acceptors (Lipinski definition) is 6. The van der Waals surface area contributed by atoms with Gasteiger partial charge in [0.15, 0.2) is 5.16 Å². The fraction of sp³-hybridized carbons (Fsp3) is 0.250. The zero-order valence-electron chi connectivity index (χ0n) is 13.3. The molecule has 24 heavy (non-hydrogen) atoms. The van der Waals surface area contributed by atoms with Gasteiger partial charge in [0.2, 0.25) is 5.91 Å². The normalized spacial score (nSPS) is 10.9. The SMILES string of the molecule is CCc1cc2c(=O)n(CC(=O)Nc3ccccn3)c(SC)nc2s1. The van der Waals surface area contributed by atoms with Crippen molar-refractivity contribution in [3.05, 3.63) is 45.7 Å². The first-order chi connectivity index (χ1) is 11.6. The highest BCUT2D eigenvalue weighted by Gasteiger charge is 2.16. The molecule has 0 fully saturated rings. The van der Waals surface area contributed by atoms with E-state index in [2.05, 4.69) is 15.3 Å². The van der Waals surface area contributed by atoms with E-state index in [1.54, 1.807) is 24.4 Å². The molecule has 3 aromatic heterocycles. The zero-order chi connectivity index (χ0) is 17.1. The van der Waals surface area contributed by atoms with Crippen LogP contribution in [0.4, 0.5) is 5.82 Å². The number of rotatable bonds is 5. The Hall–Kier alpha value is -2.19. The molecule has 1 N–H and O–H groups in total. The van der Waals surface area contributed by atoms with Crippen molar-refractivity contribution in [3.63, 3.8) is 0 Å². The summed E-state index contributed by atoms with van der Waals surface area (Å²) in [4.78, 5) is 35.4. The van der Waals surface area contributed by atoms with Crippen LogP contribution in [0.3, 0.4) is 0 Å². The first-order valence-electron chi connectivity index (χ1n) is 7.40. The van der Waals surface area contributed by atoms with E-state index in [9.17, 15) is 9.59 Å². The maximum atomic E-state index is 12.7. The number of pyridine rings is 1. The van der Waals surface area contributed by atoms with Crippen LogP contribution in [0.2, 0.25) is 0 Å². The predicted octanol–water partition coefficient (Wildman–Crippen LogP) is 2.78. The van der Waals surface area contributed by atoms with Crippen LogP contribution in [0.1, 0.15) is 11.8 Å². The molecule has 6 nitrogen and oxygen atoms in total. The molecule has 0 spiro atoms. The Balaban J connectivity index is 1.94. The molecule has 0 saturated carbocycles. The minimum atomic E-state index is -0.307. The monoisotopic (exact) mass is 360 g/mol. The number of anilines is 1. The minimum Gasteiger partial charge on any atom is -0.309 e. The topological polar surface area (TPSA) is 76.9 Å². The van der Waals surface area contributed by atoms with Crippen molar-refractivity contribution < 1.29 is 4.79 Å². The van der Waals surface area contributed by atoms with Crippen LogP contribution in [-0.2, 0) is 17.8 Å². The van der Waals surface area contributed by atoms with Crippen molar-refractivity contribution >= 4 is 45.0 Å². The van der Waals surface area contributed by atoms with Crippen molar-refractivity contribution in [2.24, 2.45) is 0 Å². The van der Waals surface area contributed by atoms with Crippen LogP contribution in [0.15, 0.2) is 40.4 Å². The van der Waals surface area contributed by atoms with Gasteiger partial charge in [-0.05, 0) is 30.9 Å². The molecular formula is C16H16N4O2S2. The second-order valence-electron chi connectivity index (χ2n) is 5.04. The van der Waals surface area contributed by atoms with E-state index >= 15 is 0 Å². The molecule has 124 valence electrons. The summed E-state index contributed by atoms with van der Waals surface area (Å²) in [6.07, 6.45) is 4.30. The van der Waals surface area contributed by atoms with Crippen molar-refractivity contribution in [1.82, 2.24) is 14.5 Å². The second-order valence-corrected chi connectivity index (χ2v) is 6.93. The maximum absolute atomic E-state index is 12.7. The molecule has 0 aliphatic rings. The highest BCUT2D eigenvalue weighted by atomic mass is 32.2. The number of carbonyl (C=O) groups excluding carboxylic acids is 1. The van der Waals surface area contributed by atoms with Gasteiger partial charge in [-0.3, -0.25) is 14.2 Å². The van der Waals surface area contributed by atoms with Gasteiger partial charge in [0.25, 0.3) is 5.56 Å². The molecule has 3 heterocycles. The quantitative estimate of drug-likeness (QED) is 0.559. The largest absolute Gasteiger partial charge is 0.309 e. The summed E-state index contributed by atoms with van der Waals surface area (Å²) in [6, 6.07) is 7.12. The van der Waals surface area contributed by atoms with Gasteiger partial charge >= 0.3 is 0 Å². The second kappa shape index (κ2) is 7.14. The fourth-order valence-corrected chi connectivity index (χ4v) is 3.85. The standard InChI is InChI=1S/C16H16N4O2S2/c1-3-10-8-11-14(24-10)19-16(23-2)20(15(11)22)9-13(21)18-12-6-4-5-7-17-12/h4-8H,3,9H2,1-2H3,(H,17,18,21). The summed E-state index contributed by atoms with van der Waals surface area (Å²) in [5, 5.41) is 3.79. The molecule has 0 atom stereocenters. The average Bonchev–Trinajstić information content (AvgIpc) is 3.01. The van der Waals surface area contributed by atoms with Crippen molar-refractivity contribution in [2.75, 3.05) is 11.6 Å². The molecule has 0 aliphatic heterocycles. The van der Waals surface area contributed by atoms with E-state index in [1.165, 1.54) is 27.7 Å². The van der Waals surface area contributed by atoms with Crippen LogP contribution in [0, 0.1) is 0 Å². The van der Waals surface area contributed by atoms with Crippen molar-refractivity contribution in [3.8, 4) is 0 Å². The molecule has 0 radical (unpaired) electrons. The molecule has 1 amide bonds. The highest BCUT2D eigenvalue weighted by molar-refractivity contribution is 7.98. The first kappa shape index (κ1) is 16.7. The summed E-state index contributed by atoms with van der Waals surface area (Å²) in [5.74, 6) is 0.150. The Morgan fingerprint density at radius 2 is 2.25 bits per heavy atom. The number of amides is 1. The number of aromatic nitrogens is 3. The molecular weight excluding hydrogens is 344 g/mol. The molecule has 0 aromatic carbocycles. The van der Waals surface area contributed by atoms with Crippen LogP contribution < -0.4 is 10.9 Å². The molecule has 3 aromatic rings. The summed E-state index contributed by atoms with van der Waals surface area (Å²) < 4.78 is 1.41. The van der Waals surface area contributed by atoms with Gasteiger partial charge in [-0.1, -0.05) is 24.8 Å². The Bertz CT molecular complexity index is 934. The number of thioether (sulfide) groups is 1. The number of nitrogens with zero attached hydrogens (tertiary/aromatic N) is 3. The Labute approximate surface area is 147 Å². The van der Waals surface area contributed by atoms with E-state index in [0.717, 1.165) is 16.1 Å². The number of hydrogen-bond donors (Lipinski definition) is 1. The number of nitrogens with one attached hydrogen (secondary N) is 1. The van der Waals surface area contributed by atoms with Gasteiger partial charge in [-0.15, -0.1) is 11.3 Å². The lowest BCUT2D eigenvalue weighted by atomic mass is 10.3. The van der Waals surface area contributed by atoms with Crippen LogP contribution in [0.25, 0.3) is 10.2 Å². The van der Waals surface area contributed by atoms with E-state index in [4.69, 9.17) is 0 Å². The average molecular weight is 360 g/mol. The summed E-state index contributed by atoms with van der Waals surface area (Å²) in [5.41, 5.74) is -0.184. The summed E-state index contributed by atoms with van der Waals surface area (Å²) >= 11 is 2.88. The number of carbonyl (C=O) groups is 1. The number of aryl methyl sites for hydroxylation is 1. The Kier molecular flexibility index (Phi) is 4.96. The molecule has 0 unspecified atom stereocenters. The van der Waals surface area contributed by atoms with Crippen molar-refractivity contribution in [1.29, 1.82) is 0 Å². The van der Waals surface area contributed by atoms with Crippen LogP contribution in [0.5, 0.6) is 0 Å². The number of fused-ring (bicyclic) bond motifs is 1. The van der Waals surface area contributed by atoms with Gasteiger partial charge in [-0.2, -0.15) is 0 Å². The fourth-order valence-electron chi connectivity index (χ4n) is 2.28. The smallest absolute Gasteiger partial charge is 0.263 e. The maximum Gasteiger partial charge on any atom is 0.263 e. The number of thiophene rings is 1.